The molecule has 11 unspecified atom stereocenters. The van der Waals surface area contributed by atoms with Gasteiger partial charge >= 0.3 is 12.2 Å². The third-order valence-electron chi connectivity index (χ3n) is 27.8. The number of hydrogen-bond donors (Lipinski definition) is 0. The van der Waals surface area contributed by atoms with Crippen LogP contribution in [0.3, 0.4) is 0 Å². The summed E-state index contributed by atoms with van der Waals surface area (Å²) in [4.78, 5) is 0. The van der Waals surface area contributed by atoms with Gasteiger partial charge in [0, 0.05) is 34.2 Å². The number of ether oxygens (including phenoxy) is 2. The van der Waals surface area contributed by atoms with E-state index in [2.05, 4.69) is 32.4 Å². The minimum atomic E-state index is -4.20. The molecule has 8 nitrogen and oxygen atoms in total. The van der Waals surface area contributed by atoms with Crippen LogP contribution in [0.25, 0.3) is 0 Å². The van der Waals surface area contributed by atoms with Crippen LogP contribution in [0.4, 0.5) is 74.6 Å². The molecule has 0 aliphatic heterocycles. The molecule has 0 aromatic carbocycles. The van der Waals surface area contributed by atoms with E-state index < -0.39 is 142 Å². The first-order chi connectivity index (χ1) is 46.0. The van der Waals surface area contributed by atoms with E-state index in [-0.39, 0.29) is 84.9 Å². The molecule has 12 fully saturated rings. The van der Waals surface area contributed by atoms with E-state index >= 15 is 0 Å². The molecule has 12 rings (SSSR count). The van der Waals surface area contributed by atoms with E-state index in [1.807, 2.05) is 0 Å². The second-order valence-corrected chi connectivity index (χ2v) is 34.6. The molecular weight excluding hydrogens is 1390 g/mol. The van der Waals surface area contributed by atoms with E-state index in [1.165, 1.54) is 116 Å². The Morgan fingerprint density at radius 2 is 0.417 bits per heavy atom. The Morgan fingerprint density at radius 3 is 0.699 bits per heavy atom. The Bertz CT molecular complexity index is 2230. The molecule has 103 heavy (non-hydrogen) atoms. The van der Waals surface area contributed by atoms with Crippen molar-refractivity contribution in [2.75, 3.05) is 0 Å². The van der Waals surface area contributed by atoms with Gasteiger partial charge in [-0.1, -0.05) is 79.1 Å². The van der Waals surface area contributed by atoms with Crippen molar-refractivity contribution >= 4 is 0 Å². The average Bonchev–Trinajstić information content (AvgIpc) is 0.777. The molecule has 25 heteroatoms. The summed E-state index contributed by atoms with van der Waals surface area (Å²) in [5.41, 5.74) is 0. The molecule has 12 aliphatic rings. The number of hydrogen-bond acceptors (Lipinski definition) is 2. The fraction of sp³-hybridized carbons (Fsp3) is 1.00. The van der Waals surface area contributed by atoms with Gasteiger partial charge in [-0.3, -0.25) is 0 Å². The maximum absolute atomic E-state index is 14.6. The van der Waals surface area contributed by atoms with Gasteiger partial charge in [-0.25, -0.2) is 57.1 Å². The zero-order valence-electron chi connectivity index (χ0n) is 61.9. The zero-order chi connectivity index (χ0) is 70.0. The number of rotatable bonds is 12. The molecular formula is C78H147F17O8. The van der Waals surface area contributed by atoms with Gasteiger partial charge < -0.3 is 42.3 Å². The van der Waals surface area contributed by atoms with Crippen molar-refractivity contribution in [2.45, 2.75) is 383 Å². The summed E-state index contributed by atoms with van der Waals surface area (Å²) in [5.74, 6) is 6.32. The predicted molar refractivity (Wildman–Crippen MR) is 383 cm³/mol. The number of halogens is 17. The van der Waals surface area contributed by atoms with Gasteiger partial charge in [0.15, 0.2) is 18.5 Å². The summed E-state index contributed by atoms with van der Waals surface area (Å²) in [7, 11) is 0. The summed E-state index contributed by atoms with van der Waals surface area (Å²) in [6.45, 7) is 9.14. The van der Waals surface area contributed by atoms with Crippen molar-refractivity contribution in [3.63, 3.8) is 0 Å². The molecule has 12 saturated carbocycles. The lowest BCUT2D eigenvalue weighted by Crippen LogP contribution is -2.52. The smallest absolute Gasteiger partial charge is 0.364 e. The Hall–Kier alpha value is -1.51. The monoisotopic (exact) mass is 1540 g/mol. The first-order valence-electron chi connectivity index (χ1n) is 39.5. The van der Waals surface area contributed by atoms with Gasteiger partial charge in [0.1, 0.15) is 67.6 Å². The van der Waals surface area contributed by atoms with Crippen LogP contribution in [0.1, 0.15) is 287 Å². The Morgan fingerprint density at radius 1 is 0.214 bits per heavy atom. The van der Waals surface area contributed by atoms with Gasteiger partial charge in [0.25, 0.3) is 0 Å². The molecule has 0 aromatic rings. The second-order valence-electron chi connectivity index (χ2n) is 34.6. The van der Waals surface area contributed by atoms with Gasteiger partial charge in [-0.2, -0.15) is 17.6 Å². The largest absolute Gasteiger partial charge is 0.412 e. The Balaban J connectivity index is -0.000000654. The molecule has 0 saturated heterocycles. The van der Waals surface area contributed by atoms with Gasteiger partial charge in [-0.15, -0.1) is 0 Å². The first kappa shape index (κ1) is 95.7. The van der Waals surface area contributed by atoms with E-state index in [0.29, 0.717) is 61.2 Å². The molecule has 0 aromatic heterocycles. The van der Waals surface area contributed by atoms with E-state index in [9.17, 15) is 74.6 Å². The molecule has 0 radical (unpaired) electrons. The molecule has 626 valence electrons. The quantitative estimate of drug-likeness (QED) is 0.175. The van der Waals surface area contributed by atoms with Gasteiger partial charge in [0.05, 0.1) is 18.1 Å². The first-order valence-corrected chi connectivity index (χ1v) is 39.5. The lowest BCUT2D eigenvalue weighted by atomic mass is 9.65. The normalized spacial score (nSPS) is 45.5. The molecule has 0 heterocycles. The molecule has 12 aliphatic carbocycles. The van der Waals surface area contributed by atoms with Crippen molar-refractivity contribution in [3.8, 4) is 0 Å². The van der Waals surface area contributed by atoms with Gasteiger partial charge in [-0.05, 0) is 268 Å². The van der Waals surface area contributed by atoms with Crippen LogP contribution in [-0.2, 0) is 9.47 Å². The maximum Gasteiger partial charge on any atom is 0.364 e. The standard InChI is InChI=1S/C20H29F7O.C20H31F5O.C19H31F3.C19H32F2.6H2O.6H2/c1-10-2-4-11(5-3-10)12-6-14(21)18(15(22)7-12)20(26,27)28-13-8-16(23)19(25)17(24)9-13;1-12-2-4-13(5-3-12)14-6-8-15(9-7-14)20(24,25)26-16-10-17(21)19(23)18(22)11-16;1-12-2-4-13(5-3-12)14-6-8-15(9-7-14)16-10-17(20)19(22)18(21)11-16;1-13-2-4-14(5-3-13)15-6-8-16(9-7-15)17-10-11-18(20)19(21)12-17;;;;;;;;;;;;/h10-19H,2-9H2,1H3;12-19H,2-11H2,1H3;12-19H,2-11H2,1H3;13-19H,2-12H2,1H3;6*1H2;6*1H. The SMILES string of the molecule is CC1CCC(C2CC(F)C(C(F)(F)OC3CC(F)C(F)C(F)C3)C(F)C2)CC1.CC1CCC(C2CCC(C(F)(F)OC3CC(F)C(F)C(F)C3)CC2)CC1.CC1CCC(C2CCC(C3CC(F)C(F)C(F)C3)CC2)CC1.CC1CCC(C2CCC(C3CCC(F)C(F)C3)CC2)CC1.O.O.O.O.O.O.[HH].[HH].[HH].[HH].[HH].[HH]. The predicted octanol–water partition coefficient (Wildman–Crippen LogP) is 21.4. The zero-order valence-corrected chi connectivity index (χ0v) is 61.9. The summed E-state index contributed by atoms with van der Waals surface area (Å²) in [6.07, 6.45) is -3.67. The van der Waals surface area contributed by atoms with Crippen molar-refractivity contribution in [3.05, 3.63) is 0 Å². The summed E-state index contributed by atoms with van der Waals surface area (Å²) in [6, 6.07) is 0. The lowest BCUT2D eigenvalue weighted by molar-refractivity contribution is -0.323. The highest BCUT2D eigenvalue weighted by Crippen LogP contribution is 2.53. The topological polar surface area (TPSA) is 207 Å². The van der Waals surface area contributed by atoms with Crippen LogP contribution in [0.2, 0.25) is 0 Å². The minimum Gasteiger partial charge on any atom is -0.412 e. The average molecular weight is 1540 g/mol. The van der Waals surface area contributed by atoms with Crippen LogP contribution in [0.5, 0.6) is 0 Å². The highest BCUT2D eigenvalue weighted by molar-refractivity contribution is 4.98. The lowest BCUT2D eigenvalue weighted by Gasteiger charge is -2.43. The summed E-state index contributed by atoms with van der Waals surface area (Å²) in [5, 5.41) is 0. The van der Waals surface area contributed by atoms with Crippen molar-refractivity contribution < 1.29 is 126 Å². The Labute approximate surface area is 613 Å². The summed E-state index contributed by atoms with van der Waals surface area (Å²) >= 11 is 0. The van der Waals surface area contributed by atoms with Crippen LogP contribution in [0, 0.1) is 107 Å². The van der Waals surface area contributed by atoms with E-state index in [1.54, 1.807) is 0 Å². The maximum atomic E-state index is 14.6. The molecule has 12 N–H and O–H groups in total. The van der Waals surface area contributed by atoms with Gasteiger partial charge in [0.2, 0.25) is 0 Å². The summed E-state index contributed by atoms with van der Waals surface area (Å²) < 4.78 is 244. The minimum absolute atomic E-state index is 0. The third-order valence-corrected chi connectivity index (χ3v) is 27.8. The molecule has 0 spiro atoms. The van der Waals surface area contributed by atoms with Crippen molar-refractivity contribution in [1.29, 1.82) is 0 Å². The van der Waals surface area contributed by atoms with Crippen molar-refractivity contribution in [1.82, 2.24) is 0 Å². The second kappa shape index (κ2) is 43.9. The third kappa shape index (κ3) is 26.6. The molecule has 11 atom stereocenters. The van der Waals surface area contributed by atoms with Crippen LogP contribution < -0.4 is 0 Å². The Kier molecular flexibility index (Phi) is 40.8. The fourth-order valence-corrected chi connectivity index (χ4v) is 21.2. The molecule has 0 amide bonds. The number of alkyl halides is 17. The van der Waals surface area contributed by atoms with Crippen molar-refractivity contribution in [2.24, 2.45) is 107 Å². The highest BCUT2D eigenvalue weighted by Gasteiger charge is 2.57. The van der Waals surface area contributed by atoms with E-state index in [0.717, 1.165) is 99.2 Å². The fourth-order valence-electron chi connectivity index (χ4n) is 21.2. The van der Waals surface area contributed by atoms with Crippen LogP contribution in [-0.4, -0.2) is 138 Å². The molecule has 0 bridgehead atoms. The van der Waals surface area contributed by atoms with Crippen LogP contribution in [0.15, 0.2) is 0 Å². The highest BCUT2D eigenvalue weighted by atomic mass is 19.3. The van der Waals surface area contributed by atoms with E-state index in [4.69, 9.17) is 4.74 Å². The van der Waals surface area contributed by atoms with Crippen LogP contribution >= 0.6 is 0 Å².